The van der Waals surface area contributed by atoms with Crippen LogP contribution in [0.2, 0.25) is 0 Å². The molecule has 1 heterocycles. The maximum atomic E-state index is 10.7. The van der Waals surface area contributed by atoms with Gasteiger partial charge in [-0.25, -0.2) is 0 Å². The molecular formula is C8H7ClO2. The zero-order valence-corrected chi connectivity index (χ0v) is 6.81. The molecule has 0 aliphatic heterocycles. The Kier molecular flexibility index (Phi) is 2.15. The highest BCUT2D eigenvalue weighted by molar-refractivity contribution is 6.67. The Hall–Kier alpha value is -1.02. The van der Waals surface area contributed by atoms with Gasteiger partial charge in [0.05, 0.1) is 5.56 Å². The maximum Gasteiger partial charge on any atom is 0.255 e. The summed E-state index contributed by atoms with van der Waals surface area (Å²) in [5.41, 5.74) is 0.404. The number of aryl methyl sites for hydroxylation is 1. The van der Waals surface area contributed by atoms with E-state index in [-0.39, 0.29) is 0 Å². The molecule has 0 aliphatic carbocycles. The van der Waals surface area contributed by atoms with E-state index in [2.05, 4.69) is 6.58 Å². The molecule has 0 amide bonds. The Morgan fingerprint density at radius 3 is 2.73 bits per heavy atom. The summed E-state index contributed by atoms with van der Waals surface area (Å²) in [6.07, 6.45) is 1.52. The van der Waals surface area contributed by atoms with Gasteiger partial charge in [0.25, 0.3) is 5.24 Å². The largest absolute Gasteiger partial charge is 0.461 e. The van der Waals surface area contributed by atoms with Crippen LogP contribution in [0.5, 0.6) is 0 Å². The lowest BCUT2D eigenvalue weighted by Gasteiger charge is -1.84. The predicted molar refractivity (Wildman–Crippen MR) is 43.7 cm³/mol. The fraction of sp³-hybridized carbons (Fsp3) is 0.125. The molecule has 0 atom stereocenters. The van der Waals surface area contributed by atoms with Crippen LogP contribution in [-0.2, 0) is 0 Å². The van der Waals surface area contributed by atoms with Crippen LogP contribution in [0.4, 0.5) is 0 Å². The number of hydrogen-bond donors (Lipinski definition) is 0. The third-order valence-electron chi connectivity index (χ3n) is 1.35. The summed E-state index contributed by atoms with van der Waals surface area (Å²) in [6.45, 7) is 5.18. The number of carbonyl (C=O) groups excluding carboxylic acids is 1. The van der Waals surface area contributed by atoms with Crippen LogP contribution in [-0.4, -0.2) is 5.24 Å². The molecule has 0 fully saturated rings. The summed E-state index contributed by atoms with van der Waals surface area (Å²) in [5, 5.41) is -0.501. The summed E-state index contributed by atoms with van der Waals surface area (Å²) < 4.78 is 5.10. The minimum absolute atomic E-state index is 0.404. The Morgan fingerprint density at radius 1 is 1.82 bits per heavy atom. The van der Waals surface area contributed by atoms with Gasteiger partial charge in [-0.3, -0.25) is 4.79 Å². The van der Waals surface area contributed by atoms with Crippen LogP contribution in [0.15, 0.2) is 17.1 Å². The van der Waals surface area contributed by atoms with Crippen LogP contribution in [0.25, 0.3) is 6.08 Å². The van der Waals surface area contributed by atoms with Gasteiger partial charge < -0.3 is 4.42 Å². The third-order valence-corrected chi connectivity index (χ3v) is 1.55. The van der Waals surface area contributed by atoms with Crippen molar-refractivity contribution in [1.82, 2.24) is 0 Å². The molecule has 58 valence electrons. The first kappa shape index (κ1) is 8.08. The van der Waals surface area contributed by atoms with E-state index >= 15 is 0 Å². The van der Waals surface area contributed by atoms with Crippen LogP contribution in [0.3, 0.4) is 0 Å². The van der Waals surface area contributed by atoms with Gasteiger partial charge in [-0.2, -0.15) is 0 Å². The normalized spacial score (nSPS) is 9.64. The van der Waals surface area contributed by atoms with Crippen molar-refractivity contribution in [3.05, 3.63) is 29.7 Å². The maximum absolute atomic E-state index is 10.7. The number of carbonyl (C=O) groups is 1. The molecule has 0 bridgehead atoms. The van der Waals surface area contributed by atoms with Gasteiger partial charge >= 0.3 is 0 Å². The standard InChI is InChI=1S/C8H7ClO2/c1-3-6-4-7(8(9)10)5(2)11-6/h3-4H,1H2,2H3. The summed E-state index contributed by atoms with van der Waals surface area (Å²) in [5.74, 6) is 1.09. The summed E-state index contributed by atoms with van der Waals surface area (Å²) in [7, 11) is 0. The summed E-state index contributed by atoms with van der Waals surface area (Å²) in [6, 6.07) is 1.57. The Balaban J connectivity index is 3.16. The van der Waals surface area contributed by atoms with Crippen LogP contribution < -0.4 is 0 Å². The molecule has 0 aromatic carbocycles. The van der Waals surface area contributed by atoms with Crippen molar-refractivity contribution in [2.24, 2.45) is 0 Å². The second-order valence-electron chi connectivity index (χ2n) is 2.10. The summed E-state index contributed by atoms with van der Waals surface area (Å²) in [4.78, 5) is 10.7. The van der Waals surface area contributed by atoms with Gasteiger partial charge in [-0.15, -0.1) is 0 Å². The molecule has 0 spiro atoms. The fourth-order valence-electron chi connectivity index (χ4n) is 0.801. The van der Waals surface area contributed by atoms with Gasteiger partial charge in [0, 0.05) is 0 Å². The number of furan rings is 1. The van der Waals surface area contributed by atoms with Crippen LogP contribution in [0, 0.1) is 6.92 Å². The number of halogens is 1. The second kappa shape index (κ2) is 2.93. The average molecular weight is 171 g/mol. The lowest BCUT2D eigenvalue weighted by molar-refractivity contribution is 0.108. The van der Waals surface area contributed by atoms with E-state index in [4.69, 9.17) is 16.0 Å². The first-order valence-electron chi connectivity index (χ1n) is 3.08. The molecule has 1 rings (SSSR count). The molecule has 1 aromatic rings. The van der Waals surface area contributed by atoms with Crippen molar-refractivity contribution in [2.45, 2.75) is 6.92 Å². The van der Waals surface area contributed by atoms with Gasteiger partial charge in [0.2, 0.25) is 0 Å². The van der Waals surface area contributed by atoms with Gasteiger partial charge in [-0.1, -0.05) is 6.58 Å². The Bertz CT molecular complexity index is 299. The molecule has 0 unspecified atom stereocenters. The van der Waals surface area contributed by atoms with E-state index in [0.29, 0.717) is 17.1 Å². The first-order chi connectivity index (χ1) is 5.15. The van der Waals surface area contributed by atoms with E-state index < -0.39 is 5.24 Å². The minimum Gasteiger partial charge on any atom is -0.461 e. The molecule has 0 saturated carbocycles. The van der Waals surface area contributed by atoms with E-state index in [0.717, 1.165) is 0 Å². The molecule has 0 N–H and O–H groups in total. The third kappa shape index (κ3) is 1.52. The van der Waals surface area contributed by atoms with Crippen LogP contribution in [0.1, 0.15) is 21.9 Å². The zero-order chi connectivity index (χ0) is 8.43. The van der Waals surface area contributed by atoms with Crippen molar-refractivity contribution in [2.75, 3.05) is 0 Å². The Morgan fingerprint density at radius 2 is 2.45 bits per heavy atom. The quantitative estimate of drug-likeness (QED) is 0.639. The number of hydrogen-bond acceptors (Lipinski definition) is 2. The van der Waals surface area contributed by atoms with E-state index in [1.807, 2.05) is 0 Å². The van der Waals surface area contributed by atoms with E-state index in [1.54, 1.807) is 13.0 Å². The highest BCUT2D eigenvalue weighted by Gasteiger charge is 2.10. The predicted octanol–water partition coefficient (Wildman–Crippen LogP) is 2.61. The second-order valence-corrected chi connectivity index (χ2v) is 2.44. The zero-order valence-electron chi connectivity index (χ0n) is 6.06. The van der Waals surface area contributed by atoms with Crippen molar-refractivity contribution in [3.8, 4) is 0 Å². The van der Waals surface area contributed by atoms with Gasteiger partial charge in [-0.05, 0) is 30.7 Å². The van der Waals surface area contributed by atoms with Crippen molar-refractivity contribution in [1.29, 1.82) is 0 Å². The van der Waals surface area contributed by atoms with Crippen molar-refractivity contribution < 1.29 is 9.21 Å². The van der Waals surface area contributed by atoms with Gasteiger partial charge in [0.1, 0.15) is 11.5 Å². The molecular weight excluding hydrogens is 164 g/mol. The first-order valence-corrected chi connectivity index (χ1v) is 3.45. The molecule has 3 heteroatoms. The number of rotatable bonds is 2. The van der Waals surface area contributed by atoms with Crippen molar-refractivity contribution in [3.63, 3.8) is 0 Å². The molecule has 1 aromatic heterocycles. The Labute approximate surface area is 69.5 Å². The smallest absolute Gasteiger partial charge is 0.255 e. The topological polar surface area (TPSA) is 30.2 Å². The van der Waals surface area contributed by atoms with E-state index in [9.17, 15) is 4.79 Å². The lowest BCUT2D eigenvalue weighted by Crippen LogP contribution is -1.86. The molecule has 11 heavy (non-hydrogen) atoms. The highest BCUT2D eigenvalue weighted by Crippen LogP contribution is 2.16. The SMILES string of the molecule is C=Cc1cc(C(=O)Cl)c(C)o1. The molecule has 2 nitrogen and oxygen atoms in total. The highest BCUT2D eigenvalue weighted by atomic mass is 35.5. The average Bonchev–Trinajstić information content (AvgIpc) is 2.30. The van der Waals surface area contributed by atoms with Crippen LogP contribution >= 0.6 is 11.6 Å². The summed E-state index contributed by atoms with van der Waals surface area (Å²) >= 11 is 5.25. The molecule has 0 aliphatic rings. The molecule has 0 radical (unpaired) electrons. The van der Waals surface area contributed by atoms with Crippen molar-refractivity contribution >= 4 is 22.9 Å². The van der Waals surface area contributed by atoms with Gasteiger partial charge in [0.15, 0.2) is 0 Å². The minimum atomic E-state index is -0.501. The molecule has 0 saturated heterocycles. The fourth-order valence-corrected chi connectivity index (χ4v) is 0.988. The van der Waals surface area contributed by atoms with E-state index in [1.165, 1.54) is 6.08 Å². The lowest BCUT2D eigenvalue weighted by atomic mass is 10.3. The monoisotopic (exact) mass is 170 g/mol.